The molecule has 0 aliphatic rings. The quantitative estimate of drug-likeness (QED) is 0.709. The highest BCUT2D eigenvalue weighted by Crippen LogP contribution is 2.32. The van der Waals surface area contributed by atoms with E-state index in [-0.39, 0.29) is 5.75 Å². The number of nitrogens with one attached hydrogen (secondary N) is 1. The van der Waals surface area contributed by atoms with E-state index in [2.05, 4.69) is 5.32 Å². The number of para-hydroxylation sites is 2. The van der Waals surface area contributed by atoms with Crippen molar-refractivity contribution in [3.8, 4) is 11.5 Å². The second kappa shape index (κ2) is 4.65. The van der Waals surface area contributed by atoms with E-state index in [0.717, 1.165) is 5.69 Å². The van der Waals surface area contributed by atoms with E-state index in [1.165, 1.54) is 0 Å². The summed E-state index contributed by atoms with van der Waals surface area (Å²) < 4.78 is 5.20. The molecule has 0 aliphatic carbocycles. The Labute approximate surface area is 99.7 Å². The van der Waals surface area contributed by atoms with Gasteiger partial charge < -0.3 is 20.9 Å². The molecule has 0 saturated heterocycles. The predicted molar refractivity (Wildman–Crippen MR) is 68.8 cm³/mol. The molecule has 4 nitrogen and oxygen atoms in total. The Hall–Kier alpha value is -2.36. The Balaban J connectivity index is 2.35. The number of benzene rings is 2. The number of rotatable bonds is 3. The van der Waals surface area contributed by atoms with Crippen molar-refractivity contribution in [2.24, 2.45) is 0 Å². The van der Waals surface area contributed by atoms with E-state index < -0.39 is 0 Å². The van der Waals surface area contributed by atoms with Crippen molar-refractivity contribution < 1.29 is 9.84 Å². The number of phenols is 1. The van der Waals surface area contributed by atoms with Crippen LogP contribution in [0.3, 0.4) is 0 Å². The summed E-state index contributed by atoms with van der Waals surface area (Å²) in [6.07, 6.45) is 0. The van der Waals surface area contributed by atoms with Gasteiger partial charge in [-0.2, -0.15) is 0 Å². The fourth-order valence-corrected chi connectivity index (χ4v) is 1.55. The molecule has 17 heavy (non-hydrogen) atoms. The van der Waals surface area contributed by atoms with Gasteiger partial charge >= 0.3 is 0 Å². The molecule has 2 aromatic rings. The Kier molecular flexibility index (Phi) is 3.05. The Morgan fingerprint density at radius 3 is 2.59 bits per heavy atom. The molecule has 0 amide bonds. The summed E-state index contributed by atoms with van der Waals surface area (Å²) in [5.41, 5.74) is 7.92. The van der Waals surface area contributed by atoms with Crippen LogP contribution in [0.1, 0.15) is 0 Å². The normalized spacial score (nSPS) is 9.94. The van der Waals surface area contributed by atoms with Crippen LogP contribution in [0.2, 0.25) is 0 Å². The molecular formula is C13H14N2O2. The van der Waals surface area contributed by atoms with Crippen LogP contribution in [-0.4, -0.2) is 12.2 Å². The summed E-state index contributed by atoms with van der Waals surface area (Å²) in [6, 6.07) is 12.3. The van der Waals surface area contributed by atoms with Crippen LogP contribution in [0.4, 0.5) is 17.1 Å². The zero-order valence-corrected chi connectivity index (χ0v) is 9.47. The van der Waals surface area contributed by atoms with Crippen molar-refractivity contribution in [2.75, 3.05) is 18.2 Å². The lowest BCUT2D eigenvalue weighted by atomic mass is 10.2. The number of anilines is 3. The molecule has 0 fully saturated rings. The summed E-state index contributed by atoms with van der Waals surface area (Å²) in [5, 5.41) is 12.6. The van der Waals surface area contributed by atoms with Gasteiger partial charge in [-0.05, 0) is 24.3 Å². The van der Waals surface area contributed by atoms with Crippen LogP contribution >= 0.6 is 0 Å². The van der Waals surface area contributed by atoms with Gasteiger partial charge in [0.1, 0.15) is 11.5 Å². The third-order valence-corrected chi connectivity index (χ3v) is 2.41. The van der Waals surface area contributed by atoms with E-state index >= 15 is 0 Å². The fourth-order valence-electron chi connectivity index (χ4n) is 1.55. The fraction of sp³-hybridized carbons (Fsp3) is 0.0769. The van der Waals surface area contributed by atoms with Crippen LogP contribution in [0.15, 0.2) is 42.5 Å². The minimum atomic E-state index is 0.169. The van der Waals surface area contributed by atoms with Crippen LogP contribution in [-0.2, 0) is 0 Å². The van der Waals surface area contributed by atoms with Crippen molar-refractivity contribution >= 4 is 17.1 Å². The summed E-state index contributed by atoms with van der Waals surface area (Å²) in [7, 11) is 1.58. The smallest absolute Gasteiger partial charge is 0.142 e. The topological polar surface area (TPSA) is 67.5 Å². The lowest BCUT2D eigenvalue weighted by molar-refractivity contribution is 0.414. The highest BCUT2D eigenvalue weighted by atomic mass is 16.5. The minimum absolute atomic E-state index is 0.169. The first-order valence-corrected chi connectivity index (χ1v) is 5.19. The summed E-state index contributed by atoms with van der Waals surface area (Å²) in [5.74, 6) is 0.814. The first-order valence-electron chi connectivity index (χ1n) is 5.19. The van der Waals surface area contributed by atoms with Crippen LogP contribution in [0, 0.1) is 0 Å². The second-order valence-electron chi connectivity index (χ2n) is 3.60. The van der Waals surface area contributed by atoms with Gasteiger partial charge in [-0.15, -0.1) is 0 Å². The maximum atomic E-state index is 9.45. The van der Waals surface area contributed by atoms with Crippen molar-refractivity contribution in [1.82, 2.24) is 0 Å². The molecular weight excluding hydrogens is 216 g/mol. The van der Waals surface area contributed by atoms with Crippen molar-refractivity contribution in [3.63, 3.8) is 0 Å². The van der Waals surface area contributed by atoms with E-state index in [0.29, 0.717) is 17.1 Å². The lowest BCUT2D eigenvalue weighted by Gasteiger charge is -2.12. The maximum absolute atomic E-state index is 9.45. The molecule has 88 valence electrons. The molecule has 0 spiro atoms. The van der Waals surface area contributed by atoms with Gasteiger partial charge in [0, 0.05) is 6.07 Å². The number of nitrogens with two attached hydrogens (primary N) is 1. The van der Waals surface area contributed by atoms with Crippen molar-refractivity contribution in [2.45, 2.75) is 0 Å². The molecule has 0 aromatic heterocycles. The number of nitrogen functional groups attached to an aromatic ring is 1. The Bertz CT molecular complexity index is 527. The predicted octanol–water partition coefficient (Wildman–Crippen LogP) is 2.73. The molecule has 0 atom stereocenters. The zero-order chi connectivity index (χ0) is 12.3. The van der Waals surface area contributed by atoms with Gasteiger partial charge in [0.05, 0.1) is 24.2 Å². The molecule has 0 radical (unpaired) electrons. The van der Waals surface area contributed by atoms with E-state index in [1.807, 2.05) is 18.2 Å². The Morgan fingerprint density at radius 2 is 1.88 bits per heavy atom. The van der Waals surface area contributed by atoms with Crippen LogP contribution in [0.25, 0.3) is 0 Å². The number of hydrogen-bond donors (Lipinski definition) is 3. The van der Waals surface area contributed by atoms with Gasteiger partial charge in [0.2, 0.25) is 0 Å². The van der Waals surface area contributed by atoms with E-state index in [9.17, 15) is 5.11 Å². The number of methoxy groups -OCH3 is 1. The average molecular weight is 230 g/mol. The number of aromatic hydroxyl groups is 1. The molecule has 0 aliphatic heterocycles. The number of ether oxygens (including phenoxy) is 1. The largest absolute Gasteiger partial charge is 0.508 e. The molecule has 0 bridgehead atoms. The highest BCUT2D eigenvalue weighted by Gasteiger charge is 2.05. The SMILES string of the molecule is COc1ccc(O)cc1Nc1ccccc1N. The zero-order valence-electron chi connectivity index (χ0n) is 9.47. The Morgan fingerprint density at radius 1 is 1.12 bits per heavy atom. The highest BCUT2D eigenvalue weighted by molar-refractivity contribution is 5.75. The second-order valence-corrected chi connectivity index (χ2v) is 3.60. The number of phenolic OH excluding ortho intramolecular Hbond substituents is 1. The third-order valence-electron chi connectivity index (χ3n) is 2.41. The summed E-state index contributed by atoms with van der Waals surface area (Å²) in [4.78, 5) is 0. The molecule has 4 heteroatoms. The third kappa shape index (κ3) is 2.42. The van der Waals surface area contributed by atoms with Gasteiger partial charge in [0.15, 0.2) is 0 Å². The molecule has 0 heterocycles. The van der Waals surface area contributed by atoms with Crippen molar-refractivity contribution in [3.05, 3.63) is 42.5 Å². The monoisotopic (exact) mass is 230 g/mol. The lowest BCUT2D eigenvalue weighted by Crippen LogP contribution is -1.97. The number of hydrogen-bond acceptors (Lipinski definition) is 4. The molecule has 0 unspecified atom stereocenters. The van der Waals surface area contributed by atoms with Crippen LogP contribution < -0.4 is 15.8 Å². The molecule has 2 aromatic carbocycles. The standard InChI is InChI=1S/C13H14N2O2/c1-17-13-7-6-9(16)8-12(13)15-11-5-3-2-4-10(11)14/h2-8,15-16H,14H2,1H3. The molecule has 4 N–H and O–H groups in total. The minimum Gasteiger partial charge on any atom is -0.508 e. The van der Waals surface area contributed by atoms with Crippen LogP contribution in [0.5, 0.6) is 11.5 Å². The first kappa shape index (κ1) is 11.1. The molecule has 2 rings (SSSR count). The molecule has 0 saturated carbocycles. The van der Waals surface area contributed by atoms with Gasteiger partial charge in [0.25, 0.3) is 0 Å². The van der Waals surface area contributed by atoms with Crippen molar-refractivity contribution in [1.29, 1.82) is 0 Å². The summed E-state index contributed by atoms with van der Waals surface area (Å²) >= 11 is 0. The summed E-state index contributed by atoms with van der Waals surface area (Å²) in [6.45, 7) is 0. The van der Waals surface area contributed by atoms with Gasteiger partial charge in [-0.1, -0.05) is 12.1 Å². The maximum Gasteiger partial charge on any atom is 0.142 e. The average Bonchev–Trinajstić information content (AvgIpc) is 2.32. The van der Waals surface area contributed by atoms with Gasteiger partial charge in [-0.25, -0.2) is 0 Å². The van der Waals surface area contributed by atoms with E-state index in [1.54, 1.807) is 31.4 Å². The van der Waals surface area contributed by atoms with Gasteiger partial charge in [-0.3, -0.25) is 0 Å². The first-order chi connectivity index (χ1) is 8.20. The van der Waals surface area contributed by atoms with E-state index in [4.69, 9.17) is 10.5 Å².